The quantitative estimate of drug-likeness (QED) is 0.777. The number of likely N-dealkylation sites (tertiary alicyclic amines) is 1. The number of amides is 1. The van der Waals surface area contributed by atoms with Crippen molar-refractivity contribution in [3.63, 3.8) is 0 Å². The van der Waals surface area contributed by atoms with E-state index in [1.165, 1.54) is 0 Å². The summed E-state index contributed by atoms with van der Waals surface area (Å²) in [5.74, 6) is -0.300. The van der Waals surface area contributed by atoms with Crippen LogP contribution in [0.2, 0.25) is 0 Å². The molecule has 5 heteroatoms. The van der Waals surface area contributed by atoms with Crippen LogP contribution in [0.3, 0.4) is 0 Å². The van der Waals surface area contributed by atoms with Crippen LogP contribution in [0.15, 0.2) is 0 Å². The third-order valence-electron chi connectivity index (χ3n) is 3.84. The van der Waals surface area contributed by atoms with Gasteiger partial charge in [-0.05, 0) is 45.4 Å². The van der Waals surface area contributed by atoms with Gasteiger partial charge in [0.25, 0.3) is 0 Å². The van der Waals surface area contributed by atoms with Crippen molar-refractivity contribution in [3.8, 4) is 0 Å². The molecule has 1 N–H and O–H groups in total. The fourth-order valence-electron chi connectivity index (χ4n) is 2.91. The lowest BCUT2D eigenvalue weighted by molar-refractivity contribution is -0.154. The number of carbonyl (C=O) groups is 2. The van der Waals surface area contributed by atoms with Crippen molar-refractivity contribution in [2.45, 2.75) is 39.2 Å². The maximum Gasteiger partial charge on any atom is 0.410 e. The normalized spacial score (nSPS) is 31.3. The maximum absolute atomic E-state index is 11.9. The average Bonchev–Trinajstić information content (AvgIpc) is 2.16. The zero-order valence-electron chi connectivity index (χ0n) is 11.2. The van der Waals surface area contributed by atoms with Crippen molar-refractivity contribution in [2.24, 2.45) is 17.8 Å². The Bertz CT molecular complexity index is 360. The van der Waals surface area contributed by atoms with Gasteiger partial charge in [-0.2, -0.15) is 0 Å². The van der Waals surface area contributed by atoms with Crippen LogP contribution in [-0.4, -0.2) is 40.8 Å². The Morgan fingerprint density at radius 2 is 2.00 bits per heavy atom. The van der Waals surface area contributed by atoms with E-state index in [2.05, 4.69) is 0 Å². The molecule has 0 aromatic heterocycles. The molecule has 0 spiro atoms. The van der Waals surface area contributed by atoms with Crippen molar-refractivity contribution in [3.05, 3.63) is 0 Å². The summed E-state index contributed by atoms with van der Waals surface area (Å²) >= 11 is 0. The molecule has 102 valence electrons. The van der Waals surface area contributed by atoms with Gasteiger partial charge in [-0.25, -0.2) is 4.79 Å². The molecule has 1 aliphatic carbocycles. The molecule has 1 aliphatic heterocycles. The molecule has 2 aliphatic rings. The molecule has 0 aromatic rings. The van der Waals surface area contributed by atoms with E-state index in [1.807, 2.05) is 20.8 Å². The highest BCUT2D eigenvalue weighted by molar-refractivity contribution is 5.72. The molecule has 1 saturated carbocycles. The summed E-state index contributed by atoms with van der Waals surface area (Å²) in [7, 11) is 0. The zero-order chi connectivity index (χ0) is 13.5. The summed E-state index contributed by atoms with van der Waals surface area (Å²) < 4.78 is 5.33. The van der Waals surface area contributed by atoms with E-state index in [4.69, 9.17) is 9.84 Å². The topological polar surface area (TPSA) is 66.8 Å². The molecule has 1 saturated heterocycles. The SMILES string of the molecule is CC(C)(C)OC(=O)N1CCC2C(CC2C(=O)O)C1. The van der Waals surface area contributed by atoms with Crippen LogP contribution in [0.5, 0.6) is 0 Å². The molecule has 3 atom stereocenters. The number of carbonyl (C=O) groups excluding carboxylic acids is 1. The number of piperidine rings is 1. The number of ether oxygens (including phenoxy) is 1. The molecule has 2 fully saturated rings. The first-order valence-corrected chi connectivity index (χ1v) is 6.48. The predicted octanol–water partition coefficient (Wildman–Crippen LogP) is 1.96. The monoisotopic (exact) mass is 255 g/mol. The summed E-state index contributed by atoms with van der Waals surface area (Å²) in [6, 6.07) is 0. The molecule has 1 amide bonds. The zero-order valence-corrected chi connectivity index (χ0v) is 11.2. The van der Waals surface area contributed by atoms with E-state index in [0.717, 1.165) is 6.42 Å². The van der Waals surface area contributed by atoms with E-state index in [9.17, 15) is 9.59 Å². The minimum atomic E-state index is -0.693. The minimum absolute atomic E-state index is 0.198. The molecule has 2 rings (SSSR count). The van der Waals surface area contributed by atoms with Crippen LogP contribution >= 0.6 is 0 Å². The molecule has 0 aromatic carbocycles. The highest BCUT2D eigenvalue weighted by atomic mass is 16.6. The van der Waals surface area contributed by atoms with Crippen LogP contribution in [0.4, 0.5) is 4.79 Å². The predicted molar refractivity (Wildman–Crippen MR) is 65.1 cm³/mol. The Balaban J connectivity index is 1.87. The molecule has 3 unspecified atom stereocenters. The maximum atomic E-state index is 11.9. The second-order valence-electron chi connectivity index (χ2n) is 6.32. The lowest BCUT2D eigenvalue weighted by atomic mass is 9.61. The summed E-state index contributed by atoms with van der Waals surface area (Å²) in [6.07, 6.45) is 1.19. The van der Waals surface area contributed by atoms with Crippen molar-refractivity contribution in [2.75, 3.05) is 13.1 Å². The highest BCUT2D eigenvalue weighted by Gasteiger charge is 2.48. The van der Waals surface area contributed by atoms with Crippen LogP contribution in [0.25, 0.3) is 0 Å². The van der Waals surface area contributed by atoms with Gasteiger partial charge >= 0.3 is 12.1 Å². The highest BCUT2D eigenvalue weighted by Crippen LogP contribution is 2.45. The molecular weight excluding hydrogens is 234 g/mol. The fraction of sp³-hybridized carbons (Fsp3) is 0.846. The Hall–Kier alpha value is -1.26. The van der Waals surface area contributed by atoms with E-state index < -0.39 is 11.6 Å². The van der Waals surface area contributed by atoms with Gasteiger partial charge < -0.3 is 14.7 Å². The van der Waals surface area contributed by atoms with Gasteiger partial charge in [0.05, 0.1) is 5.92 Å². The van der Waals surface area contributed by atoms with Crippen LogP contribution in [0.1, 0.15) is 33.6 Å². The lowest BCUT2D eigenvalue weighted by Gasteiger charge is -2.49. The van der Waals surface area contributed by atoms with Gasteiger partial charge in [0.2, 0.25) is 0 Å². The Labute approximate surface area is 107 Å². The second kappa shape index (κ2) is 4.44. The van der Waals surface area contributed by atoms with E-state index in [1.54, 1.807) is 4.90 Å². The molecule has 0 radical (unpaired) electrons. The fourth-order valence-corrected chi connectivity index (χ4v) is 2.91. The largest absolute Gasteiger partial charge is 0.481 e. The summed E-state index contributed by atoms with van der Waals surface area (Å²) in [5, 5.41) is 8.99. The summed E-state index contributed by atoms with van der Waals surface area (Å²) in [6.45, 7) is 6.80. The van der Waals surface area contributed by atoms with E-state index in [-0.39, 0.29) is 17.9 Å². The number of hydrogen-bond acceptors (Lipinski definition) is 3. The molecular formula is C13H21NO4. The number of rotatable bonds is 1. The second-order valence-corrected chi connectivity index (χ2v) is 6.32. The van der Waals surface area contributed by atoms with Crippen molar-refractivity contribution < 1.29 is 19.4 Å². The van der Waals surface area contributed by atoms with Crippen LogP contribution < -0.4 is 0 Å². The number of hydrogen-bond donors (Lipinski definition) is 1. The Morgan fingerprint density at radius 1 is 1.33 bits per heavy atom. The average molecular weight is 255 g/mol. The molecule has 0 bridgehead atoms. The van der Waals surface area contributed by atoms with Gasteiger partial charge in [-0.1, -0.05) is 0 Å². The number of carboxylic acid groups (broad SMARTS) is 1. The number of fused-ring (bicyclic) bond motifs is 1. The van der Waals surface area contributed by atoms with Gasteiger partial charge in [0.1, 0.15) is 5.60 Å². The number of aliphatic carboxylic acids is 1. The molecule has 5 nitrogen and oxygen atoms in total. The van der Waals surface area contributed by atoms with Gasteiger partial charge in [-0.3, -0.25) is 4.79 Å². The Kier molecular flexibility index (Phi) is 3.25. The van der Waals surface area contributed by atoms with E-state index >= 15 is 0 Å². The number of nitrogens with zero attached hydrogens (tertiary/aromatic N) is 1. The molecule has 18 heavy (non-hydrogen) atoms. The van der Waals surface area contributed by atoms with Crippen molar-refractivity contribution >= 4 is 12.1 Å². The van der Waals surface area contributed by atoms with Crippen molar-refractivity contribution in [1.29, 1.82) is 0 Å². The van der Waals surface area contributed by atoms with Gasteiger partial charge in [0.15, 0.2) is 0 Å². The number of carboxylic acids is 1. The lowest BCUT2D eigenvalue weighted by Crippen LogP contribution is -2.54. The van der Waals surface area contributed by atoms with Crippen LogP contribution in [0, 0.1) is 17.8 Å². The summed E-state index contributed by atoms with van der Waals surface area (Å²) in [4.78, 5) is 24.5. The van der Waals surface area contributed by atoms with Gasteiger partial charge in [-0.15, -0.1) is 0 Å². The smallest absolute Gasteiger partial charge is 0.410 e. The van der Waals surface area contributed by atoms with Crippen molar-refractivity contribution in [1.82, 2.24) is 4.90 Å². The standard InChI is InChI=1S/C13H21NO4/c1-13(2,3)18-12(17)14-5-4-9-8(7-14)6-10(9)11(15)16/h8-10H,4-7H2,1-3H3,(H,15,16). The first-order valence-electron chi connectivity index (χ1n) is 6.48. The van der Waals surface area contributed by atoms with Gasteiger partial charge in [0, 0.05) is 13.1 Å². The first kappa shape index (κ1) is 13.2. The minimum Gasteiger partial charge on any atom is -0.481 e. The molecule has 1 heterocycles. The Morgan fingerprint density at radius 3 is 2.50 bits per heavy atom. The first-order chi connectivity index (χ1) is 8.28. The van der Waals surface area contributed by atoms with Crippen LogP contribution in [-0.2, 0) is 9.53 Å². The van der Waals surface area contributed by atoms with E-state index in [0.29, 0.717) is 25.4 Å². The third kappa shape index (κ3) is 2.60. The summed E-state index contributed by atoms with van der Waals surface area (Å²) in [5.41, 5.74) is -0.475. The third-order valence-corrected chi connectivity index (χ3v) is 3.84.